The van der Waals surface area contributed by atoms with Gasteiger partial charge in [0.2, 0.25) is 5.91 Å². The van der Waals surface area contributed by atoms with E-state index in [0.29, 0.717) is 24.8 Å². The Morgan fingerprint density at radius 3 is 2.57 bits per heavy atom. The Bertz CT molecular complexity index is 515. The summed E-state index contributed by atoms with van der Waals surface area (Å²) in [4.78, 5) is 26.3. The number of amides is 1. The topological polar surface area (TPSA) is 49.4 Å². The standard InChI is InChI=1S/C19H28N2O2/c1-15-14-21(2)13-12-17(15)20-19(23)11-7-6-10-18(22)16-8-4-3-5-9-16/h3-5,8-9,15,17H,6-7,10-14H2,1-2H3,(H,20,23)/t15-,17-/m1/s1. The molecule has 0 aromatic heterocycles. The number of ketones is 1. The number of hydrogen-bond acceptors (Lipinski definition) is 3. The van der Waals surface area contributed by atoms with Gasteiger partial charge >= 0.3 is 0 Å². The van der Waals surface area contributed by atoms with Gasteiger partial charge in [-0.15, -0.1) is 0 Å². The zero-order valence-electron chi connectivity index (χ0n) is 14.3. The molecule has 4 nitrogen and oxygen atoms in total. The zero-order chi connectivity index (χ0) is 16.7. The summed E-state index contributed by atoms with van der Waals surface area (Å²) in [5, 5.41) is 3.16. The van der Waals surface area contributed by atoms with Gasteiger partial charge in [-0.2, -0.15) is 0 Å². The lowest BCUT2D eigenvalue weighted by Crippen LogP contribution is -2.48. The van der Waals surface area contributed by atoms with Gasteiger partial charge in [0.25, 0.3) is 0 Å². The molecule has 23 heavy (non-hydrogen) atoms. The maximum absolute atomic E-state index is 12.0. The first kappa shape index (κ1) is 17.7. The first-order valence-corrected chi connectivity index (χ1v) is 8.62. The third-order valence-electron chi connectivity index (χ3n) is 4.61. The van der Waals surface area contributed by atoms with Gasteiger partial charge in [0.05, 0.1) is 0 Å². The van der Waals surface area contributed by atoms with E-state index in [1.807, 2.05) is 30.3 Å². The summed E-state index contributed by atoms with van der Waals surface area (Å²) in [6, 6.07) is 9.65. The highest BCUT2D eigenvalue weighted by atomic mass is 16.1. The largest absolute Gasteiger partial charge is 0.353 e. The summed E-state index contributed by atoms with van der Waals surface area (Å²) in [5.74, 6) is 0.783. The van der Waals surface area contributed by atoms with Gasteiger partial charge in [0, 0.05) is 31.0 Å². The number of likely N-dealkylation sites (tertiary alicyclic amines) is 1. The number of carbonyl (C=O) groups excluding carboxylic acids is 2. The van der Waals surface area contributed by atoms with Crippen LogP contribution in [0, 0.1) is 5.92 Å². The molecule has 0 radical (unpaired) electrons. The summed E-state index contributed by atoms with van der Waals surface area (Å²) in [7, 11) is 2.12. The minimum atomic E-state index is 0.124. The van der Waals surface area contributed by atoms with Crippen LogP contribution in [0.1, 0.15) is 49.4 Å². The third kappa shape index (κ3) is 5.79. The fourth-order valence-corrected chi connectivity index (χ4v) is 3.19. The molecule has 0 saturated carbocycles. The highest BCUT2D eigenvalue weighted by molar-refractivity contribution is 5.95. The first-order valence-electron chi connectivity index (χ1n) is 8.62. The molecule has 0 spiro atoms. The van der Waals surface area contributed by atoms with E-state index in [1.165, 1.54) is 0 Å². The van der Waals surface area contributed by atoms with Crippen LogP contribution in [-0.2, 0) is 4.79 Å². The molecule has 1 heterocycles. The predicted molar refractivity (Wildman–Crippen MR) is 92.4 cm³/mol. The van der Waals surface area contributed by atoms with Crippen molar-refractivity contribution in [3.63, 3.8) is 0 Å². The first-order chi connectivity index (χ1) is 11.1. The van der Waals surface area contributed by atoms with Gasteiger partial charge in [-0.05, 0) is 38.8 Å². The Kier molecular flexibility index (Phi) is 6.78. The number of nitrogens with one attached hydrogen (secondary N) is 1. The molecule has 0 bridgehead atoms. The van der Waals surface area contributed by atoms with Crippen molar-refractivity contribution in [3.05, 3.63) is 35.9 Å². The lowest BCUT2D eigenvalue weighted by atomic mass is 9.94. The second-order valence-electron chi connectivity index (χ2n) is 6.70. The van der Waals surface area contributed by atoms with Crippen LogP contribution in [0.3, 0.4) is 0 Å². The number of hydrogen-bond donors (Lipinski definition) is 1. The molecule has 0 aliphatic carbocycles. The average molecular weight is 316 g/mol. The Morgan fingerprint density at radius 1 is 1.17 bits per heavy atom. The molecule has 2 rings (SSSR count). The van der Waals surface area contributed by atoms with Crippen molar-refractivity contribution < 1.29 is 9.59 Å². The van der Waals surface area contributed by atoms with E-state index in [9.17, 15) is 9.59 Å². The van der Waals surface area contributed by atoms with Crippen LogP contribution >= 0.6 is 0 Å². The maximum Gasteiger partial charge on any atom is 0.220 e. The van der Waals surface area contributed by atoms with Crippen molar-refractivity contribution in [1.29, 1.82) is 0 Å². The molecule has 1 aliphatic rings. The van der Waals surface area contributed by atoms with Gasteiger partial charge in [0.15, 0.2) is 5.78 Å². The predicted octanol–water partition coefficient (Wildman–Crippen LogP) is 2.89. The van der Waals surface area contributed by atoms with Crippen molar-refractivity contribution >= 4 is 11.7 Å². The minimum Gasteiger partial charge on any atom is -0.353 e. The summed E-state index contributed by atoms with van der Waals surface area (Å²) in [6.45, 7) is 4.27. The number of nitrogens with zero attached hydrogens (tertiary/aromatic N) is 1. The molecule has 1 fully saturated rings. The van der Waals surface area contributed by atoms with Crippen molar-refractivity contribution in [3.8, 4) is 0 Å². The minimum absolute atomic E-state index is 0.124. The molecular formula is C19H28N2O2. The van der Waals surface area contributed by atoms with E-state index < -0.39 is 0 Å². The third-order valence-corrected chi connectivity index (χ3v) is 4.61. The fraction of sp³-hybridized carbons (Fsp3) is 0.579. The molecule has 1 aromatic rings. The second-order valence-corrected chi connectivity index (χ2v) is 6.70. The van der Waals surface area contributed by atoms with Gasteiger partial charge in [-0.25, -0.2) is 0 Å². The normalized spacial score (nSPS) is 21.8. The van der Waals surface area contributed by atoms with E-state index in [2.05, 4.69) is 24.2 Å². The van der Waals surface area contributed by atoms with Crippen molar-refractivity contribution in [1.82, 2.24) is 10.2 Å². The number of benzene rings is 1. The smallest absolute Gasteiger partial charge is 0.220 e. The Hall–Kier alpha value is -1.68. The van der Waals surface area contributed by atoms with E-state index in [-0.39, 0.29) is 11.7 Å². The van der Waals surface area contributed by atoms with E-state index >= 15 is 0 Å². The van der Waals surface area contributed by atoms with Crippen LogP contribution in [0.4, 0.5) is 0 Å². The summed E-state index contributed by atoms with van der Waals surface area (Å²) in [6.07, 6.45) is 3.59. The number of rotatable bonds is 7. The fourth-order valence-electron chi connectivity index (χ4n) is 3.19. The molecule has 1 amide bonds. The van der Waals surface area contributed by atoms with Crippen LogP contribution in [0.25, 0.3) is 0 Å². The molecule has 1 saturated heterocycles. The number of piperidine rings is 1. The van der Waals surface area contributed by atoms with Crippen LogP contribution in [0.2, 0.25) is 0 Å². The molecule has 1 aromatic carbocycles. The second kappa shape index (κ2) is 8.82. The van der Waals surface area contributed by atoms with Gasteiger partial charge in [-0.3, -0.25) is 9.59 Å². The molecule has 126 valence electrons. The number of carbonyl (C=O) groups is 2. The van der Waals surface area contributed by atoms with Crippen LogP contribution in [-0.4, -0.2) is 42.8 Å². The Morgan fingerprint density at radius 2 is 1.87 bits per heavy atom. The molecule has 2 atom stereocenters. The van der Waals surface area contributed by atoms with Gasteiger partial charge in [0.1, 0.15) is 0 Å². The molecule has 1 aliphatic heterocycles. The highest BCUT2D eigenvalue weighted by Crippen LogP contribution is 2.16. The number of unbranched alkanes of at least 4 members (excludes halogenated alkanes) is 1. The van der Waals surface area contributed by atoms with Crippen LogP contribution < -0.4 is 5.32 Å². The summed E-state index contributed by atoms with van der Waals surface area (Å²) >= 11 is 0. The van der Waals surface area contributed by atoms with Crippen molar-refractivity contribution in [2.75, 3.05) is 20.1 Å². The Labute approximate surface area is 139 Å². The SMILES string of the molecule is C[C@@H]1CN(C)CC[C@H]1NC(=O)CCCCC(=O)c1ccccc1. The monoisotopic (exact) mass is 316 g/mol. The van der Waals surface area contributed by atoms with Crippen LogP contribution in [0.5, 0.6) is 0 Å². The number of Topliss-reactive ketones (excluding diaryl/α,β-unsaturated/α-hetero) is 1. The van der Waals surface area contributed by atoms with Crippen molar-refractivity contribution in [2.45, 2.75) is 45.1 Å². The van der Waals surface area contributed by atoms with E-state index in [1.54, 1.807) is 0 Å². The highest BCUT2D eigenvalue weighted by Gasteiger charge is 2.25. The van der Waals surface area contributed by atoms with E-state index in [4.69, 9.17) is 0 Å². The van der Waals surface area contributed by atoms with Gasteiger partial charge in [-0.1, -0.05) is 37.3 Å². The molecular weight excluding hydrogens is 288 g/mol. The lowest BCUT2D eigenvalue weighted by molar-refractivity contribution is -0.122. The summed E-state index contributed by atoms with van der Waals surface area (Å²) in [5.41, 5.74) is 0.761. The van der Waals surface area contributed by atoms with Crippen molar-refractivity contribution in [2.24, 2.45) is 5.92 Å². The van der Waals surface area contributed by atoms with Gasteiger partial charge < -0.3 is 10.2 Å². The molecule has 4 heteroatoms. The van der Waals surface area contributed by atoms with Crippen LogP contribution in [0.15, 0.2) is 30.3 Å². The van der Waals surface area contributed by atoms with E-state index in [0.717, 1.165) is 37.9 Å². The zero-order valence-corrected chi connectivity index (χ0v) is 14.3. The summed E-state index contributed by atoms with van der Waals surface area (Å²) < 4.78 is 0. The molecule has 0 unspecified atom stereocenters. The Balaban J connectivity index is 1.62. The maximum atomic E-state index is 12.0. The quantitative estimate of drug-likeness (QED) is 0.621. The average Bonchev–Trinajstić information content (AvgIpc) is 2.55. The molecule has 1 N–H and O–H groups in total. The lowest BCUT2D eigenvalue weighted by Gasteiger charge is -2.35.